The minimum atomic E-state index is -4.02. The van der Waals surface area contributed by atoms with Crippen molar-refractivity contribution in [1.29, 1.82) is 0 Å². The van der Waals surface area contributed by atoms with Crippen LogP contribution in [0.4, 0.5) is 33.6 Å². The first-order valence-electron chi connectivity index (χ1n) is 51.7. The largest absolute Gasteiger partial charge is 1.00 e. The van der Waals surface area contributed by atoms with Crippen LogP contribution in [-0.4, -0.2) is 229 Å². The molecule has 0 radical (unpaired) electrons. The molecule has 0 bridgehead atoms. The van der Waals surface area contributed by atoms with Crippen molar-refractivity contribution in [2.45, 2.75) is 485 Å². The smallest absolute Gasteiger partial charge is 0.870 e. The van der Waals surface area contributed by atoms with Gasteiger partial charge in [0.1, 0.15) is 28.0 Å². The summed E-state index contributed by atoms with van der Waals surface area (Å²) in [5, 5.41) is 32.7. The van der Waals surface area contributed by atoms with E-state index in [0.29, 0.717) is 62.4 Å². The van der Waals surface area contributed by atoms with Crippen molar-refractivity contribution in [3.8, 4) is 0 Å². The Bertz CT molecular complexity index is 3980. The molecule has 856 valence electrons. The Morgan fingerprint density at radius 1 is 0.438 bits per heavy atom. The molecule has 0 aromatic heterocycles. The molecule has 6 aliphatic carbocycles. The first-order valence-corrected chi connectivity index (χ1v) is 65.1. The van der Waals surface area contributed by atoms with E-state index in [1.807, 2.05) is 90.0 Å². The van der Waals surface area contributed by atoms with Crippen LogP contribution in [0.1, 0.15) is 363 Å². The quantitative estimate of drug-likeness (QED) is 0.00439. The summed E-state index contributed by atoms with van der Waals surface area (Å²) >= 11 is 0. The second kappa shape index (κ2) is 78.8. The van der Waals surface area contributed by atoms with Gasteiger partial charge in [-0.15, -0.1) is 0 Å². The van der Waals surface area contributed by atoms with Gasteiger partial charge in [0.2, 0.25) is 9.05 Å². The van der Waals surface area contributed by atoms with Gasteiger partial charge in [-0.1, -0.05) is 277 Å². The monoisotopic (exact) mass is 2210 g/mol. The van der Waals surface area contributed by atoms with Crippen molar-refractivity contribution >= 4 is 98.8 Å². The van der Waals surface area contributed by atoms with Crippen molar-refractivity contribution < 1.29 is 141 Å². The molecule has 0 heterocycles. The SMILES string of the molecule is C.C.C.CC(C)(C)OC(=O)N[C@H](CN)CC1CCCCC1.CC(C)(C)OC(=O)N[C@H](CN=[N+]=[N-])CC1CCCCC1.CC(C)(C)OC(=O)N[C@H](CNC(=O)OCC[Si](C)(C)C)CC1CCCCC1.CC(C)(C)OC(=O)N[C@H](CO)CC1CCCCC1.CC(C)(C)OC(=O)N[C@H](COS(C)(=O)=O)CC1CCCCC1.CS(=O)(=O)Cl.C[Si](C)(C)CCOC(=O)NC[C@@H](N)CC1CCCCC1.Cc1ccc(S(=O)(=O)O)cc1.[Na+].[OH-]. The zero-order chi connectivity index (χ0) is 108. The number of carbonyl (C=O) groups is 7. The van der Waals surface area contributed by atoms with Crippen LogP contribution < -0.4 is 78.2 Å². The topological polar surface area (TPSA) is 551 Å². The molecule has 0 aliphatic heterocycles. The van der Waals surface area contributed by atoms with Crippen LogP contribution in [0, 0.1) is 42.4 Å². The predicted octanol–water partition coefficient (Wildman–Crippen LogP) is 21.1. The maximum absolute atomic E-state index is 12.2. The molecule has 1 aromatic carbocycles. The average molecular weight is 2210 g/mol. The number of alkyl carbamates (subject to hydrolysis) is 7. The summed E-state index contributed by atoms with van der Waals surface area (Å²) in [6.07, 6.45) is 42.0. The Morgan fingerprint density at radius 3 is 0.966 bits per heavy atom. The number of aryl methyl sites for hydroxylation is 1. The first-order chi connectivity index (χ1) is 65.1. The van der Waals surface area contributed by atoms with Gasteiger partial charge in [-0.3, -0.25) is 8.74 Å². The number of amides is 7. The Morgan fingerprint density at radius 2 is 0.692 bits per heavy atom. The number of carbonyl (C=O) groups excluding carboxylic acids is 7. The van der Waals surface area contributed by atoms with E-state index in [1.165, 1.54) is 192 Å². The van der Waals surface area contributed by atoms with Gasteiger partial charge in [0, 0.05) is 82.1 Å². The van der Waals surface area contributed by atoms with E-state index >= 15 is 0 Å². The van der Waals surface area contributed by atoms with Gasteiger partial charge in [-0.05, 0) is 215 Å². The maximum atomic E-state index is 12.2. The van der Waals surface area contributed by atoms with Crippen LogP contribution >= 0.6 is 10.7 Å². The Hall–Kier alpha value is -5.25. The number of nitrogens with two attached hydrogens (primary N) is 2. The molecule has 14 N–H and O–H groups in total. The van der Waals surface area contributed by atoms with Crippen molar-refractivity contribution in [2.75, 3.05) is 65.1 Å². The fourth-order valence-electron chi connectivity index (χ4n) is 16.8. The molecule has 7 rings (SSSR count). The molecule has 6 saturated carbocycles. The van der Waals surface area contributed by atoms with Crippen molar-refractivity contribution in [2.24, 2.45) is 52.1 Å². The minimum absolute atomic E-state index is 0. The molecular formula is C103H206ClN12NaO24S3Si2. The summed E-state index contributed by atoms with van der Waals surface area (Å²) in [5.74, 6) is 3.79. The van der Waals surface area contributed by atoms with Gasteiger partial charge in [0.15, 0.2) is 0 Å². The number of ether oxygens (including phenoxy) is 7. The minimum Gasteiger partial charge on any atom is -0.870 e. The molecule has 6 atom stereocenters. The summed E-state index contributed by atoms with van der Waals surface area (Å²) < 4.78 is 112. The zero-order valence-corrected chi connectivity index (χ0v) is 99.5. The van der Waals surface area contributed by atoms with Crippen molar-refractivity contribution in [1.82, 2.24) is 37.2 Å². The van der Waals surface area contributed by atoms with E-state index in [9.17, 15) is 63.9 Å². The summed E-state index contributed by atoms with van der Waals surface area (Å²) in [6.45, 7) is 45.5. The third kappa shape index (κ3) is 95.8. The van der Waals surface area contributed by atoms with E-state index in [2.05, 4.69) is 97.2 Å². The fourth-order valence-corrected chi connectivity index (χ4v) is 19.2. The molecule has 1 aromatic rings. The summed E-state index contributed by atoms with van der Waals surface area (Å²) in [5.41, 5.74) is 18.6. The molecule has 43 heteroatoms. The van der Waals surface area contributed by atoms with Gasteiger partial charge in [-0.25, -0.2) is 42.0 Å². The number of hydrogen-bond donors (Lipinski definition) is 11. The van der Waals surface area contributed by atoms with E-state index in [1.54, 1.807) is 32.9 Å². The first kappa shape index (κ1) is 151. The number of aliphatic hydroxyl groups is 1. The van der Waals surface area contributed by atoms with Crippen LogP contribution in [0.2, 0.25) is 51.4 Å². The fraction of sp³-hybridized carbons (Fsp3) is 0.874. The van der Waals surface area contributed by atoms with Crippen LogP contribution in [0.15, 0.2) is 34.3 Å². The van der Waals surface area contributed by atoms with Crippen molar-refractivity contribution in [3.05, 3.63) is 40.3 Å². The number of nitrogens with one attached hydrogen (secondary N) is 7. The molecule has 6 fully saturated rings. The molecule has 0 spiro atoms. The number of hydrogen-bond acceptors (Lipinski definition) is 26. The summed E-state index contributed by atoms with van der Waals surface area (Å²) in [7, 11) is -8.58. The Kier molecular flexibility index (Phi) is 81.7. The molecule has 0 unspecified atom stereocenters. The standard InChI is InChI=1S/C20H40N2O4Si.C15H32N2O2Si.C15H29NO5S.C14H26N4O2.C14H28N2O2.C14H27NO3.C7H8O3S.CH3ClO2S.3CH4.Na.H2O/c1-20(2,3)26-19(24)22-17(14-16-10-8-7-9-11-16)15-21-18(23)25-12-13-27(4,5)6;1-20(2,3)10-9-19-15(18)17-12-14(16)11-13-7-5-4-6-8-13;1-15(2,3)21-14(17)16-13(11-20-22(4,18)19)10-12-8-6-5-7-9-12;1-14(2,3)20-13(19)17-12(10-16-18-15)9-11-7-5-4-6-8-11;1-14(2,3)18-13(17)16-12(10-15)9-11-7-5-4-6-8-11;1-14(2,3)18-13(17)15-12(10-16)9-11-7-5-4-6-8-11;1-6-2-4-7(5-3-6)11(8,9)10;1-5(2,3)4;;;;;/h16-17H,7-15H2,1-6H3,(H,21,23)(H,22,24);13-14H,4-12,16H2,1-3H3,(H,17,18);12-13H,5-11H2,1-4H3,(H,16,17);11-12H,4-10H2,1-3H3,(H,17,19);11-12H,4-10,15H2,1-3H3,(H,16,17);11-12,16H,4-10H2,1-3H3,(H,15,17);2-5H,1H3,(H,8,9,10);1H3;3*1H4;;1H2/q;;;;;;;;;;;+1;/p-1/t17-;14-;13-;3*12-;;;;;;;/m000000......./s1. The molecule has 36 nitrogen and oxygen atoms in total. The Labute approximate surface area is 912 Å². The third-order valence-corrected chi connectivity index (χ3v) is 28.4. The maximum Gasteiger partial charge on any atom is 1.00 e. The number of aliphatic hydroxyl groups excluding tert-OH is 1. The van der Waals surface area contributed by atoms with Gasteiger partial charge >= 0.3 is 72.2 Å². The number of nitrogens with zero attached hydrogens (tertiary/aromatic N) is 3. The molecular weight excluding hydrogens is 2000 g/mol. The van der Waals surface area contributed by atoms with Gasteiger partial charge in [0.05, 0.1) is 55.9 Å². The number of halogens is 1. The molecule has 146 heavy (non-hydrogen) atoms. The van der Waals surface area contributed by atoms with E-state index in [-0.39, 0.29) is 130 Å². The van der Waals surface area contributed by atoms with E-state index < -0.39 is 104 Å². The van der Waals surface area contributed by atoms with Crippen LogP contribution in [0.3, 0.4) is 0 Å². The summed E-state index contributed by atoms with van der Waals surface area (Å²) in [4.78, 5) is 85.4. The van der Waals surface area contributed by atoms with Gasteiger partial charge in [-0.2, -0.15) is 16.8 Å². The van der Waals surface area contributed by atoms with Crippen LogP contribution in [-0.2, 0) is 66.6 Å². The van der Waals surface area contributed by atoms with Crippen LogP contribution in [0.5, 0.6) is 0 Å². The van der Waals surface area contributed by atoms with Gasteiger partial charge in [0.25, 0.3) is 20.2 Å². The second-order valence-electron chi connectivity index (χ2n) is 46.4. The van der Waals surface area contributed by atoms with Crippen molar-refractivity contribution in [3.63, 3.8) is 0 Å². The summed E-state index contributed by atoms with van der Waals surface area (Å²) in [6, 6.07) is 7.23. The normalized spacial score (nSPS) is 17.0. The third-order valence-electron chi connectivity index (χ3n) is 23.5. The molecule has 6 aliphatic rings. The van der Waals surface area contributed by atoms with E-state index in [4.69, 9.17) is 58.9 Å². The van der Waals surface area contributed by atoms with E-state index in [0.717, 1.165) is 87.4 Å². The zero-order valence-electron chi connectivity index (χ0n) is 92.3. The van der Waals surface area contributed by atoms with Crippen LogP contribution in [0.25, 0.3) is 10.4 Å². The second-order valence-corrected chi connectivity index (χ2v) is 63.7. The molecule has 0 saturated heterocycles. The molecule has 7 amide bonds. The number of rotatable bonds is 35. The average Bonchev–Trinajstić information content (AvgIpc) is 0.862. The predicted molar refractivity (Wildman–Crippen MR) is 591 cm³/mol. The number of azide groups is 1. The number of benzene rings is 1. The van der Waals surface area contributed by atoms with Gasteiger partial charge < -0.3 is 92.4 Å². The Balaban J connectivity index is -0.000000390.